The summed E-state index contributed by atoms with van der Waals surface area (Å²) in [5, 5.41) is 1.96. The summed E-state index contributed by atoms with van der Waals surface area (Å²) in [5.74, 6) is -0.205. The molecule has 0 fully saturated rings. The number of aromatic nitrogens is 1. The van der Waals surface area contributed by atoms with E-state index in [4.69, 9.17) is 4.42 Å². The van der Waals surface area contributed by atoms with Gasteiger partial charge >= 0.3 is 0 Å². The van der Waals surface area contributed by atoms with Crippen LogP contribution in [0.15, 0.2) is 51.3 Å². The number of thiophene rings is 1. The van der Waals surface area contributed by atoms with Gasteiger partial charge in [-0.25, -0.2) is 0 Å². The number of pyridine rings is 1. The highest BCUT2D eigenvalue weighted by Crippen LogP contribution is 2.23. The molecule has 3 aromatic heterocycles. The molecule has 0 aromatic carbocycles. The summed E-state index contributed by atoms with van der Waals surface area (Å²) in [6.07, 6.45) is 3.64. The Morgan fingerprint density at radius 3 is 2.79 bits per heavy atom. The van der Waals surface area contributed by atoms with Crippen molar-refractivity contribution in [2.24, 2.45) is 7.05 Å². The van der Waals surface area contributed by atoms with Crippen molar-refractivity contribution < 1.29 is 14.0 Å². The molecule has 0 bridgehead atoms. The Morgan fingerprint density at radius 2 is 2.10 bits per heavy atom. The van der Waals surface area contributed by atoms with Crippen molar-refractivity contribution in [1.82, 2.24) is 14.4 Å². The average Bonchev–Trinajstić information content (AvgIpc) is 3.41. The Labute approximate surface area is 171 Å². The molecule has 1 aliphatic heterocycles. The molecule has 0 saturated carbocycles. The number of fused-ring (bicyclic) bond motifs is 1. The molecule has 1 aliphatic rings. The molecule has 7 nitrogen and oxygen atoms in total. The molecular weight excluding hydrogens is 390 g/mol. The third-order valence-electron chi connectivity index (χ3n) is 5.12. The molecule has 8 heteroatoms. The first kappa shape index (κ1) is 19.2. The Morgan fingerprint density at radius 1 is 1.28 bits per heavy atom. The van der Waals surface area contributed by atoms with E-state index in [1.165, 1.54) is 10.8 Å². The second kappa shape index (κ2) is 7.71. The normalized spacial score (nSPS) is 13.2. The second-order valence-electron chi connectivity index (χ2n) is 7.12. The van der Waals surface area contributed by atoms with Crippen molar-refractivity contribution in [2.75, 3.05) is 13.6 Å². The number of amides is 2. The Bertz CT molecular complexity index is 1100. The van der Waals surface area contributed by atoms with Gasteiger partial charge in [-0.05, 0) is 41.1 Å². The van der Waals surface area contributed by atoms with Gasteiger partial charge in [0.05, 0.1) is 12.8 Å². The standard InChI is InChI=1S/C21H21N3O4S/c1-22-11-14-12-24(19(25)17-6-3-9-28-17)8-7-16(14)18(20(22)26)21(27)23(2)13-15-5-4-10-29-15/h3-6,9-11H,7-8,12-13H2,1-2H3. The quantitative estimate of drug-likeness (QED) is 0.661. The molecule has 0 aliphatic carbocycles. The minimum absolute atomic E-state index is 0.197. The fourth-order valence-electron chi connectivity index (χ4n) is 3.64. The van der Waals surface area contributed by atoms with Crippen molar-refractivity contribution in [3.63, 3.8) is 0 Å². The first-order chi connectivity index (χ1) is 14.0. The van der Waals surface area contributed by atoms with Crippen molar-refractivity contribution in [1.29, 1.82) is 0 Å². The zero-order chi connectivity index (χ0) is 20.5. The van der Waals surface area contributed by atoms with E-state index in [-0.39, 0.29) is 28.7 Å². The molecule has 2 amide bonds. The summed E-state index contributed by atoms with van der Waals surface area (Å²) in [6, 6.07) is 7.21. The topological polar surface area (TPSA) is 75.8 Å². The van der Waals surface area contributed by atoms with Crippen LogP contribution in [-0.4, -0.2) is 39.8 Å². The minimum atomic E-state index is -0.308. The fraction of sp³-hybridized carbons (Fsp3) is 0.286. The lowest BCUT2D eigenvalue weighted by Gasteiger charge is -2.30. The van der Waals surface area contributed by atoms with Gasteiger partial charge in [-0.2, -0.15) is 0 Å². The number of carbonyl (C=O) groups excluding carboxylic acids is 2. The van der Waals surface area contributed by atoms with Crippen LogP contribution in [0, 0.1) is 0 Å². The van der Waals surface area contributed by atoms with E-state index in [9.17, 15) is 14.4 Å². The highest BCUT2D eigenvalue weighted by Gasteiger charge is 2.30. The second-order valence-corrected chi connectivity index (χ2v) is 8.15. The number of rotatable bonds is 4. The van der Waals surface area contributed by atoms with Gasteiger partial charge in [0.2, 0.25) is 0 Å². The van der Waals surface area contributed by atoms with Gasteiger partial charge in [-0.15, -0.1) is 11.3 Å². The number of carbonyl (C=O) groups is 2. The van der Waals surface area contributed by atoms with Gasteiger partial charge in [0.1, 0.15) is 5.56 Å². The molecule has 0 unspecified atom stereocenters. The lowest BCUT2D eigenvalue weighted by molar-refractivity contribution is 0.0701. The molecule has 0 N–H and O–H groups in total. The summed E-state index contributed by atoms with van der Waals surface area (Å²) in [5.41, 5.74) is 1.44. The van der Waals surface area contributed by atoms with E-state index in [0.29, 0.717) is 26.1 Å². The van der Waals surface area contributed by atoms with Crippen LogP contribution in [-0.2, 0) is 26.6 Å². The van der Waals surface area contributed by atoms with Gasteiger partial charge in [-0.3, -0.25) is 14.4 Å². The first-order valence-electron chi connectivity index (χ1n) is 9.27. The number of aryl methyl sites for hydroxylation is 1. The highest BCUT2D eigenvalue weighted by molar-refractivity contribution is 7.09. The van der Waals surface area contributed by atoms with Gasteiger partial charge in [0, 0.05) is 38.3 Å². The number of hydrogen-bond donors (Lipinski definition) is 0. The van der Waals surface area contributed by atoms with E-state index in [2.05, 4.69) is 0 Å². The van der Waals surface area contributed by atoms with Crippen LogP contribution in [0.25, 0.3) is 0 Å². The van der Waals surface area contributed by atoms with Gasteiger partial charge in [0.15, 0.2) is 5.76 Å². The smallest absolute Gasteiger partial charge is 0.289 e. The van der Waals surface area contributed by atoms with Crippen LogP contribution >= 0.6 is 11.3 Å². The molecule has 3 aromatic rings. The molecule has 0 radical (unpaired) electrons. The predicted molar refractivity (Wildman–Crippen MR) is 109 cm³/mol. The highest BCUT2D eigenvalue weighted by atomic mass is 32.1. The summed E-state index contributed by atoms with van der Waals surface area (Å²) in [7, 11) is 3.34. The summed E-state index contributed by atoms with van der Waals surface area (Å²) in [6.45, 7) is 1.21. The average molecular weight is 411 g/mol. The molecule has 150 valence electrons. The predicted octanol–water partition coefficient (Wildman–Crippen LogP) is 2.51. The van der Waals surface area contributed by atoms with Gasteiger partial charge in [0.25, 0.3) is 17.4 Å². The van der Waals surface area contributed by atoms with E-state index in [0.717, 1.165) is 16.0 Å². The van der Waals surface area contributed by atoms with Crippen molar-refractivity contribution in [2.45, 2.75) is 19.5 Å². The van der Waals surface area contributed by atoms with Crippen molar-refractivity contribution in [3.05, 3.63) is 79.8 Å². The van der Waals surface area contributed by atoms with Crippen molar-refractivity contribution >= 4 is 23.2 Å². The van der Waals surface area contributed by atoms with Crippen LogP contribution in [0.1, 0.15) is 36.9 Å². The van der Waals surface area contributed by atoms with Gasteiger partial charge in [-0.1, -0.05) is 6.07 Å². The molecular formula is C21H21N3O4S. The van der Waals surface area contributed by atoms with Gasteiger partial charge < -0.3 is 18.8 Å². The Hall–Kier alpha value is -3.13. The zero-order valence-electron chi connectivity index (χ0n) is 16.3. The lowest BCUT2D eigenvalue weighted by atomic mass is 9.95. The van der Waals surface area contributed by atoms with Crippen LogP contribution < -0.4 is 5.56 Å². The maximum atomic E-state index is 13.1. The maximum Gasteiger partial charge on any atom is 0.289 e. The first-order valence-corrected chi connectivity index (χ1v) is 10.2. The summed E-state index contributed by atoms with van der Waals surface area (Å²) < 4.78 is 6.64. The van der Waals surface area contributed by atoms with E-state index >= 15 is 0 Å². The van der Waals surface area contributed by atoms with E-state index in [1.807, 2.05) is 17.5 Å². The zero-order valence-corrected chi connectivity index (χ0v) is 17.1. The number of nitrogens with zero attached hydrogens (tertiary/aromatic N) is 3. The largest absolute Gasteiger partial charge is 0.459 e. The third-order valence-corrected chi connectivity index (χ3v) is 5.98. The molecule has 29 heavy (non-hydrogen) atoms. The third kappa shape index (κ3) is 3.63. The number of furan rings is 1. The maximum absolute atomic E-state index is 13.1. The van der Waals surface area contributed by atoms with Crippen LogP contribution in [0.2, 0.25) is 0 Å². The summed E-state index contributed by atoms with van der Waals surface area (Å²) in [4.78, 5) is 42.9. The van der Waals surface area contributed by atoms with Crippen LogP contribution in [0.5, 0.6) is 0 Å². The number of hydrogen-bond acceptors (Lipinski definition) is 5. The SMILES string of the molecule is CN(Cc1cccs1)C(=O)c1c2c(cn(C)c1=O)CN(C(=O)c1ccco1)CC2. The van der Waals surface area contributed by atoms with E-state index < -0.39 is 0 Å². The van der Waals surface area contributed by atoms with Crippen LogP contribution in [0.4, 0.5) is 0 Å². The molecule has 0 atom stereocenters. The summed E-state index contributed by atoms with van der Waals surface area (Å²) >= 11 is 1.57. The van der Waals surface area contributed by atoms with E-state index in [1.54, 1.807) is 53.6 Å². The minimum Gasteiger partial charge on any atom is -0.459 e. The molecule has 4 rings (SSSR count). The molecule has 0 saturated heterocycles. The lowest BCUT2D eigenvalue weighted by Crippen LogP contribution is -2.41. The molecule has 0 spiro atoms. The monoisotopic (exact) mass is 411 g/mol. The van der Waals surface area contributed by atoms with Crippen LogP contribution in [0.3, 0.4) is 0 Å². The van der Waals surface area contributed by atoms with Crippen molar-refractivity contribution in [3.8, 4) is 0 Å². The Kier molecular flexibility index (Phi) is 5.10. The fourth-order valence-corrected chi connectivity index (χ4v) is 4.40. The Balaban J connectivity index is 1.64. The molecule has 4 heterocycles.